The van der Waals surface area contributed by atoms with Gasteiger partial charge < -0.3 is 0 Å². The van der Waals surface area contributed by atoms with Gasteiger partial charge in [0.2, 0.25) is 0 Å². The standard InChI is InChI=1S/C19H22FN3/c1-12(2)7-14-8-19-18(9-16(14)20)22-11-23(19)15-5-6-17(13(3)4)21-10-15/h5-6,8-13H,7H2,1-4H3. The number of hydrogen-bond donors (Lipinski definition) is 0. The summed E-state index contributed by atoms with van der Waals surface area (Å²) in [6.45, 7) is 8.43. The Hall–Kier alpha value is -2.23. The first-order valence-corrected chi connectivity index (χ1v) is 8.07. The van der Waals surface area contributed by atoms with Crippen molar-refractivity contribution in [2.75, 3.05) is 0 Å². The number of halogens is 1. The Kier molecular flexibility index (Phi) is 4.16. The Morgan fingerprint density at radius 1 is 1.09 bits per heavy atom. The zero-order valence-corrected chi connectivity index (χ0v) is 14.0. The number of pyridine rings is 1. The largest absolute Gasteiger partial charge is 0.297 e. The summed E-state index contributed by atoms with van der Waals surface area (Å²) in [4.78, 5) is 8.84. The molecule has 3 nitrogen and oxygen atoms in total. The van der Waals surface area contributed by atoms with Crippen LogP contribution in [0.15, 0.2) is 36.8 Å². The highest BCUT2D eigenvalue weighted by molar-refractivity contribution is 5.78. The van der Waals surface area contributed by atoms with Crippen molar-refractivity contribution in [2.45, 2.75) is 40.0 Å². The van der Waals surface area contributed by atoms with E-state index >= 15 is 0 Å². The van der Waals surface area contributed by atoms with Gasteiger partial charge in [0.1, 0.15) is 12.1 Å². The predicted molar refractivity (Wildman–Crippen MR) is 91.5 cm³/mol. The van der Waals surface area contributed by atoms with E-state index < -0.39 is 0 Å². The lowest BCUT2D eigenvalue weighted by atomic mass is 10.0. The van der Waals surface area contributed by atoms with Gasteiger partial charge in [-0.25, -0.2) is 9.37 Å². The van der Waals surface area contributed by atoms with E-state index in [1.165, 1.54) is 6.07 Å². The summed E-state index contributed by atoms with van der Waals surface area (Å²) in [7, 11) is 0. The molecule has 2 heterocycles. The first kappa shape index (κ1) is 15.7. The number of aromatic nitrogens is 3. The van der Waals surface area contributed by atoms with Crippen molar-refractivity contribution < 1.29 is 4.39 Å². The van der Waals surface area contributed by atoms with Gasteiger partial charge in [-0.15, -0.1) is 0 Å². The smallest absolute Gasteiger partial charge is 0.128 e. The minimum Gasteiger partial charge on any atom is -0.297 e. The molecule has 4 heteroatoms. The quantitative estimate of drug-likeness (QED) is 0.687. The molecule has 3 aromatic rings. The number of fused-ring (bicyclic) bond motifs is 1. The molecular formula is C19H22FN3. The molecule has 0 spiro atoms. The van der Waals surface area contributed by atoms with Crippen LogP contribution in [0.1, 0.15) is 44.9 Å². The van der Waals surface area contributed by atoms with Crippen LogP contribution in [-0.4, -0.2) is 14.5 Å². The molecule has 0 saturated heterocycles. The van der Waals surface area contributed by atoms with Crippen LogP contribution in [0.5, 0.6) is 0 Å². The molecule has 0 amide bonds. The Bertz CT molecular complexity index is 816. The van der Waals surface area contributed by atoms with Gasteiger partial charge in [-0.1, -0.05) is 27.7 Å². The third kappa shape index (κ3) is 3.11. The van der Waals surface area contributed by atoms with E-state index in [-0.39, 0.29) is 5.82 Å². The molecule has 3 rings (SSSR count). The van der Waals surface area contributed by atoms with Crippen molar-refractivity contribution in [2.24, 2.45) is 5.92 Å². The highest BCUT2D eigenvalue weighted by Gasteiger charge is 2.12. The van der Waals surface area contributed by atoms with Crippen molar-refractivity contribution in [3.8, 4) is 5.69 Å². The van der Waals surface area contributed by atoms with E-state index in [1.54, 1.807) is 6.33 Å². The SMILES string of the molecule is CC(C)Cc1cc2c(cc1F)ncn2-c1ccc(C(C)C)nc1. The summed E-state index contributed by atoms with van der Waals surface area (Å²) >= 11 is 0. The Morgan fingerprint density at radius 3 is 2.48 bits per heavy atom. The Labute approximate surface area is 136 Å². The third-order valence-electron chi connectivity index (χ3n) is 3.98. The Morgan fingerprint density at radius 2 is 1.87 bits per heavy atom. The number of benzene rings is 1. The molecule has 0 fully saturated rings. The molecule has 120 valence electrons. The molecule has 0 aliphatic heterocycles. The summed E-state index contributed by atoms with van der Waals surface area (Å²) in [5.74, 6) is 0.630. The lowest BCUT2D eigenvalue weighted by Crippen LogP contribution is -2.00. The maximum absolute atomic E-state index is 14.2. The molecule has 0 aliphatic rings. The highest BCUT2D eigenvalue weighted by Crippen LogP contribution is 2.24. The lowest BCUT2D eigenvalue weighted by Gasteiger charge is -2.10. The fourth-order valence-corrected chi connectivity index (χ4v) is 2.76. The van der Waals surface area contributed by atoms with E-state index in [2.05, 4.69) is 37.7 Å². The third-order valence-corrected chi connectivity index (χ3v) is 3.98. The fraction of sp³-hybridized carbons (Fsp3) is 0.368. The van der Waals surface area contributed by atoms with Gasteiger partial charge in [0.25, 0.3) is 0 Å². The summed E-state index contributed by atoms with van der Waals surface area (Å²) in [5, 5.41) is 0. The summed E-state index contributed by atoms with van der Waals surface area (Å²) < 4.78 is 16.1. The van der Waals surface area contributed by atoms with Gasteiger partial charge in [-0.2, -0.15) is 0 Å². The Balaban J connectivity index is 2.07. The second-order valence-electron chi connectivity index (χ2n) is 6.74. The van der Waals surface area contributed by atoms with Crippen LogP contribution >= 0.6 is 0 Å². The fourth-order valence-electron chi connectivity index (χ4n) is 2.76. The molecule has 0 unspecified atom stereocenters. The minimum absolute atomic E-state index is 0.176. The van der Waals surface area contributed by atoms with E-state index in [1.807, 2.05) is 29.0 Å². The molecule has 0 saturated carbocycles. The number of nitrogens with zero attached hydrogens (tertiary/aromatic N) is 3. The maximum atomic E-state index is 14.2. The summed E-state index contributed by atoms with van der Waals surface area (Å²) in [6, 6.07) is 7.51. The maximum Gasteiger partial charge on any atom is 0.128 e. The highest BCUT2D eigenvalue weighted by atomic mass is 19.1. The normalized spacial score (nSPS) is 11.8. The van der Waals surface area contributed by atoms with Gasteiger partial charge in [-0.05, 0) is 42.0 Å². The molecular weight excluding hydrogens is 289 g/mol. The average molecular weight is 311 g/mol. The average Bonchev–Trinajstić information content (AvgIpc) is 2.90. The van der Waals surface area contributed by atoms with Crippen molar-refractivity contribution in [1.29, 1.82) is 0 Å². The second kappa shape index (κ2) is 6.11. The zero-order valence-electron chi connectivity index (χ0n) is 14.0. The van der Waals surface area contributed by atoms with E-state index in [0.717, 1.165) is 28.9 Å². The van der Waals surface area contributed by atoms with Crippen molar-refractivity contribution in [1.82, 2.24) is 14.5 Å². The van der Waals surface area contributed by atoms with Gasteiger partial charge in [0.05, 0.1) is 22.9 Å². The van der Waals surface area contributed by atoms with Gasteiger partial charge in [0.15, 0.2) is 0 Å². The van der Waals surface area contributed by atoms with Gasteiger partial charge in [-0.3, -0.25) is 9.55 Å². The topological polar surface area (TPSA) is 30.7 Å². The van der Waals surface area contributed by atoms with Crippen LogP contribution in [0.3, 0.4) is 0 Å². The zero-order chi connectivity index (χ0) is 16.6. The van der Waals surface area contributed by atoms with E-state index in [9.17, 15) is 4.39 Å². The summed E-state index contributed by atoms with van der Waals surface area (Å²) in [5.41, 5.74) is 4.33. The van der Waals surface area contributed by atoms with Crippen LogP contribution in [0.2, 0.25) is 0 Å². The molecule has 23 heavy (non-hydrogen) atoms. The molecule has 0 atom stereocenters. The van der Waals surface area contributed by atoms with Crippen molar-refractivity contribution >= 4 is 11.0 Å². The predicted octanol–water partition coefficient (Wildman–Crippen LogP) is 4.88. The van der Waals surface area contributed by atoms with E-state index in [4.69, 9.17) is 0 Å². The minimum atomic E-state index is -0.176. The second-order valence-corrected chi connectivity index (χ2v) is 6.74. The first-order valence-electron chi connectivity index (χ1n) is 8.07. The molecule has 0 bridgehead atoms. The van der Waals surface area contributed by atoms with Gasteiger partial charge >= 0.3 is 0 Å². The van der Waals surface area contributed by atoms with E-state index in [0.29, 0.717) is 17.4 Å². The van der Waals surface area contributed by atoms with Crippen LogP contribution in [0.4, 0.5) is 4.39 Å². The van der Waals surface area contributed by atoms with Crippen LogP contribution in [-0.2, 0) is 6.42 Å². The van der Waals surface area contributed by atoms with Crippen LogP contribution < -0.4 is 0 Å². The van der Waals surface area contributed by atoms with Crippen molar-refractivity contribution in [3.05, 3.63) is 53.9 Å². The molecule has 0 aliphatic carbocycles. The van der Waals surface area contributed by atoms with Crippen LogP contribution in [0, 0.1) is 11.7 Å². The molecule has 0 radical (unpaired) electrons. The lowest BCUT2D eigenvalue weighted by molar-refractivity contribution is 0.575. The first-order chi connectivity index (χ1) is 11.0. The molecule has 1 aromatic carbocycles. The summed E-state index contributed by atoms with van der Waals surface area (Å²) in [6.07, 6.45) is 4.30. The number of rotatable bonds is 4. The molecule has 0 N–H and O–H groups in total. The van der Waals surface area contributed by atoms with Gasteiger partial charge in [0, 0.05) is 11.8 Å². The molecule has 2 aromatic heterocycles. The number of hydrogen-bond acceptors (Lipinski definition) is 2. The number of imidazole rings is 1. The van der Waals surface area contributed by atoms with Crippen molar-refractivity contribution in [3.63, 3.8) is 0 Å². The monoisotopic (exact) mass is 311 g/mol. The van der Waals surface area contributed by atoms with Crippen LogP contribution in [0.25, 0.3) is 16.7 Å².